The number of likely N-dealkylation sites (N-methyl/N-ethyl adjacent to an activating group) is 1. The summed E-state index contributed by atoms with van der Waals surface area (Å²) in [4.78, 5) is 15.0. The van der Waals surface area contributed by atoms with E-state index in [-0.39, 0.29) is 17.8 Å². The van der Waals surface area contributed by atoms with Crippen LogP contribution in [0.5, 0.6) is 5.75 Å². The molecular weight excluding hydrogens is 330 g/mol. The van der Waals surface area contributed by atoms with E-state index in [9.17, 15) is 4.79 Å². The van der Waals surface area contributed by atoms with Gasteiger partial charge in [0.25, 0.3) is 0 Å². The van der Waals surface area contributed by atoms with Crippen LogP contribution in [-0.2, 0) is 4.79 Å². The van der Waals surface area contributed by atoms with Crippen LogP contribution in [0.25, 0.3) is 0 Å². The predicted octanol–water partition coefficient (Wildman–Crippen LogP) is 4.47. The van der Waals surface area contributed by atoms with Crippen LogP contribution < -0.4 is 4.74 Å². The highest BCUT2D eigenvalue weighted by Gasteiger charge is 2.44. The number of carbonyl (C=O) groups is 1. The molecule has 0 fully saturated rings. The predicted molar refractivity (Wildman–Crippen MR) is 93.5 cm³/mol. The molecule has 1 aromatic carbocycles. The van der Waals surface area contributed by atoms with Gasteiger partial charge in [0.05, 0.1) is 10.9 Å². The van der Waals surface area contributed by atoms with Crippen molar-refractivity contribution in [2.45, 2.75) is 25.9 Å². The lowest BCUT2D eigenvalue weighted by Crippen LogP contribution is -2.29. The SMILES string of the molecule is CCN1C2=C(C=CC3Oc4ccc(Cl)cc4C23)S/C1=C\C(C)=O. The van der Waals surface area contributed by atoms with E-state index in [0.717, 1.165) is 27.9 Å². The van der Waals surface area contributed by atoms with Crippen molar-refractivity contribution in [3.63, 3.8) is 0 Å². The van der Waals surface area contributed by atoms with Crippen molar-refractivity contribution < 1.29 is 9.53 Å². The molecule has 4 rings (SSSR count). The van der Waals surface area contributed by atoms with Gasteiger partial charge in [-0.3, -0.25) is 4.79 Å². The maximum Gasteiger partial charge on any atom is 0.155 e. The number of fused-ring (bicyclic) bond motifs is 4. The largest absolute Gasteiger partial charge is 0.485 e. The maximum absolute atomic E-state index is 11.5. The number of thioether (sulfide) groups is 1. The molecule has 1 aromatic rings. The van der Waals surface area contributed by atoms with Crippen LogP contribution in [0.4, 0.5) is 0 Å². The lowest BCUT2D eigenvalue weighted by Gasteiger charge is -2.29. The van der Waals surface area contributed by atoms with Gasteiger partial charge in [0.15, 0.2) is 5.78 Å². The highest BCUT2D eigenvalue weighted by Crippen LogP contribution is 2.55. The van der Waals surface area contributed by atoms with E-state index in [0.29, 0.717) is 0 Å². The van der Waals surface area contributed by atoms with Crippen LogP contribution in [0.3, 0.4) is 0 Å². The Labute approximate surface area is 144 Å². The molecule has 0 saturated carbocycles. The quantitative estimate of drug-likeness (QED) is 0.740. The van der Waals surface area contributed by atoms with Crippen LogP contribution in [0, 0.1) is 0 Å². The molecule has 0 aromatic heterocycles. The highest BCUT2D eigenvalue weighted by molar-refractivity contribution is 8.07. The van der Waals surface area contributed by atoms with E-state index in [1.807, 2.05) is 18.2 Å². The number of allylic oxidation sites excluding steroid dienone is 2. The third kappa shape index (κ3) is 2.32. The molecule has 118 valence electrons. The second-order valence-electron chi connectivity index (χ2n) is 5.79. The van der Waals surface area contributed by atoms with Gasteiger partial charge in [0.1, 0.15) is 11.9 Å². The number of ether oxygens (including phenoxy) is 1. The summed E-state index contributed by atoms with van der Waals surface area (Å²) in [6.07, 6.45) is 5.92. The first-order chi connectivity index (χ1) is 11.1. The van der Waals surface area contributed by atoms with Crippen molar-refractivity contribution in [1.82, 2.24) is 4.90 Å². The van der Waals surface area contributed by atoms with Crippen LogP contribution >= 0.6 is 23.4 Å². The van der Waals surface area contributed by atoms with Gasteiger partial charge in [-0.2, -0.15) is 0 Å². The number of rotatable bonds is 2. The van der Waals surface area contributed by atoms with Crippen molar-refractivity contribution in [3.05, 3.63) is 62.6 Å². The molecule has 2 unspecified atom stereocenters. The maximum atomic E-state index is 11.5. The fourth-order valence-electron chi connectivity index (χ4n) is 3.42. The first-order valence-electron chi connectivity index (χ1n) is 7.64. The molecule has 0 radical (unpaired) electrons. The normalized spacial score (nSPS) is 26.2. The van der Waals surface area contributed by atoms with Crippen LogP contribution in [-0.4, -0.2) is 23.3 Å². The van der Waals surface area contributed by atoms with Crippen LogP contribution in [0.1, 0.15) is 25.3 Å². The second-order valence-corrected chi connectivity index (χ2v) is 7.29. The Morgan fingerprint density at radius 1 is 1.48 bits per heavy atom. The fraction of sp³-hybridized carbons (Fsp3) is 0.278. The number of nitrogens with zero attached hydrogens (tertiary/aromatic N) is 1. The van der Waals surface area contributed by atoms with E-state index in [1.54, 1.807) is 24.8 Å². The zero-order valence-electron chi connectivity index (χ0n) is 12.9. The molecule has 2 atom stereocenters. The number of benzene rings is 1. The Morgan fingerprint density at radius 3 is 3.04 bits per heavy atom. The lowest BCUT2D eigenvalue weighted by atomic mass is 9.88. The Morgan fingerprint density at radius 2 is 2.30 bits per heavy atom. The molecule has 2 aliphatic heterocycles. The minimum Gasteiger partial charge on any atom is -0.485 e. The van der Waals surface area contributed by atoms with Gasteiger partial charge in [-0.05, 0) is 44.2 Å². The van der Waals surface area contributed by atoms with Crippen molar-refractivity contribution >= 4 is 29.1 Å². The topological polar surface area (TPSA) is 29.5 Å². The molecule has 0 spiro atoms. The van der Waals surface area contributed by atoms with Gasteiger partial charge in [-0.1, -0.05) is 23.4 Å². The van der Waals surface area contributed by atoms with Crippen molar-refractivity contribution in [2.24, 2.45) is 0 Å². The molecule has 2 heterocycles. The van der Waals surface area contributed by atoms with Gasteiger partial charge in [0.2, 0.25) is 0 Å². The molecule has 5 heteroatoms. The Kier molecular flexibility index (Phi) is 3.54. The number of hydrogen-bond donors (Lipinski definition) is 0. The summed E-state index contributed by atoms with van der Waals surface area (Å²) in [5.74, 6) is 1.10. The van der Waals surface area contributed by atoms with Crippen molar-refractivity contribution in [2.75, 3.05) is 6.54 Å². The van der Waals surface area contributed by atoms with Crippen LogP contribution in [0.15, 0.2) is 52.1 Å². The van der Waals surface area contributed by atoms with Crippen molar-refractivity contribution in [3.8, 4) is 5.75 Å². The van der Waals surface area contributed by atoms with E-state index in [1.165, 1.54) is 10.6 Å². The monoisotopic (exact) mass is 345 g/mol. The zero-order chi connectivity index (χ0) is 16.1. The summed E-state index contributed by atoms with van der Waals surface area (Å²) in [5, 5.41) is 1.71. The molecular formula is C18H16ClNO2S. The summed E-state index contributed by atoms with van der Waals surface area (Å²) < 4.78 is 6.08. The van der Waals surface area contributed by atoms with Gasteiger partial charge < -0.3 is 9.64 Å². The molecule has 23 heavy (non-hydrogen) atoms. The third-order valence-corrected chi connectivity index (χ3v) is 5.64. The first-order valence-corrected chi connectivity index (χ1v) is 8.84. The molecule has 0 saturated heterocycles. The van der Waals surface area contributed by atoms with Gasteiger partial charge in [-0.25, -0.2) is 0 Å². The molecule has 0 N–H and O–H groups in total. The van der Waals surface area contributed by atoms with Crippen LogP contribution in [0.2, 0.25) is 5.02 Å². The number of hydrogen-bond acceptors (Lipinski definition) is 4. The summed E-state index contributed by atoms with van der Waals surface area (Å²) >= 11 is 7.85. The Bertz CT molecular complexity index is 796. The Hall–Kier alpha value is -1.65. The standard InChI is InChI=1S/C18H16ClNO2S/c1-3-20-16(8-10(2)21)23-15-7-6-14-17(18(15)20)12-9-11(19)4-5-13(12)22-14/h4-9,14,17H,3H2,1-2H3/b16-8-. The first kappa shape index (κ1) is 14.9. The van der Waals surface area contributed by atoms with E-state index in [2.05, 4.69) is 24.0 Å². The summed E-state index contributed by atoms with van der Waals surface area (Å²) in [7, 11) is 0. The summed E-state index contributed by atoms with van der Waals surface area (Å²) in [6.45, 7) is 4.51. The fourth-order valence-corrected chi connectivity index (χ4v) is 4.87. The molecule has 3 nitrogen and oxygen atoms in total. The third-order valence-electron chi connectivity index (χ3n) is 4.30. The minimum atomic E-state index is -0.00598. The average molecular weight is 346 g/mol. The minimum absolute atomic E-state index is 0.00598. The highest BCUT2D eigenvalue weighted by atomic mass is 35.5. The summed E-state index contributed by atoms with van der Waals surface area (Å²) in [5.41, 5.74) is 2.35. The van der Waals surface area contributed by atoms with Crippen molar-refractivity contribution in [1.29, 1.82) is 0 Å². The molecule has 3 aliphatic rings. The summed E-state index contributed by atoms with van der Waals surface area (Å²) in [6, 6.07) is 5.80. The molecule has 1 aliphatic carbocycles. The molecule has 0 bridgehead atoms. The number of halogens is 1. The lowest BCUT2D eigenvalue weighted by molar-refractivity contribution is -0.112. The number of carbonyl (C=O) groups excluding carboxylic acids is 1. The smallest absolute Gasteiger partial charge is 0.155 e. The molecule has 0 amide bonds. The Balaban J connectivity index is 1.82. The van der Waals surface area contributed by atoms with Gasteiger partial charge >= 0.3 is 0 Å². The second kappa shape index (κ2) is 5.46. The number of ketones is 1. The zero-order valence-corrected chi connectivity index (χ0v) is 14.4. The average Bonchev–Trinajstić information content (AvgIpc) is 3.03. The van der Waals surface area contributed by atoms with E-state index >= 15 is 0 Å². The van der Waals surface area contributed by atoms with E-state index in [4.69, 9.17) is 16.3 Å². The van der Waals surface area contributed by atoms with Gasteiger partial charge in [0, 0.05) is 33.8 Å². The van der Waals surface area contributed by atoms with E-state index < -0.39 is 0 Å². The van der Waals surface area contributed by atoms with Gasteiger partial charge in [-0.15, -0.1) is 0 Å².